The molecule has 0 radical (unpaired) electrons. The highest BCUT2D eigenvalue weighted by Crippen LogP contribution is 2.37. The first-order chi connectivity index (χ1) is 21.4. The number of rotatable bonds is 7. The molecule has 5 rings (SSSR count). The lowest BCUT2D eigenvalue weighted by Gasteiger charge is -2.37. The number of nitrogens with zero attached hydrogens (tertiary/aromatic N) is 5. The van der Waals surface area contributed by atoms with Gasteiger partial charge in [0.05, 0.1) is 5.69 Å². The molecule has 15 heteroatoms. The van der Waals surface area contributed by atoms with Crippen LogP contribution in [0.3, 0.4) is 0 Å². The number of carbonyl (C=O) groups excluding carboxylic acids is 3. The predicted octanol–water partition coefficient (Wildman–Crippen LogP) is 4.17. The van der Waals surface area contributed by atoms with Crippen LogP contribution in [0.25, 0.3) is 0 Å². The lowest BCUT2D eigenvalue weighted by Crippen LogP contribution is -2.53. The summed E-state index contributed by atoms with van der Waals surface area (Å²) >= 11 is 1.93. The molecule has 2 heterocycles. The molecule has 0 unspecified atom stereocenters. The van der Waals surface area contributed by atoms with Gasteiger partial charge in [0.15, 0.2) is 0 Å². The van der Waals surface area contributed by atoms with Crippen LogP contribution in [0, 0.1) is 26.5 Å². The van der Waals surface area contributed by atoms with Gasteiger partial charge in [-0.2, -0.15) is 5.26 Å². The third kappa shape index (κ3) is 6.91. The fourth-order valence-electron chi connectivity index (χ4n) is 5.51. The number of aliphatic hydroxyl groups excluding tert-OH is 1. The molecule has 2 fully saturated rings. The van der Waals surface area contributed by atoms with Crippen molar-refractivity contribution in [1.29, 1.82) is 5.26 Å². The maximum atomic E-state index is 14.7. The zero-order chi connectivity index (χ0) is 32.5. The van der Waals surface area contributed by atoms with E-state index in [1.165, 1.54) is 18.3 Å². The molecule has 2 aromatic carbocycles. The minimum atomic E-state index is -2.87. The van der Waals surface area contributed by atoms with Crippen molar-refractivity contribution in [3.8, 4) is 6.07 Å². The van der Waals surface area contributed by atoms with E-state index in [-0.39, 0.29) is 35.7 Å². The molecule has 0 bridgehead atoms. The fourth-order valence-corrected chi connectivity index (χ4v) is 6.19. The highest BCUT2D eigenvalue weighted by Gasteiger charge is 2.49. The molecule has 1 aromatic heterocycles. The SMILES string of the molecule is N#Cc1ccnc(N2C(=O)[C@H](O)C[C@H]2C(=O)N(c2cc(F)cc(F)c2)[C@H](C(=O)NC2CCC(F)(F)CC2)c2ccccc2I)n1. The van der Waals surface area contributed by atoms with Crippen molar-refractivity contribution < 1.29 is 37.1 Å². The summed E-state index contributed by atoms with van der Waals surface area (Å²) in [6.07, 6.45) is -2.01. The molecule has 1 aliphatic heterocycles. The highest BCUT2D eigenvalue weighted by molar-refractivity contribution is 14.1. The summed E-state index contributed by atoms with van der Waals surface area (Å²) in [4.78, 5) is 51.4. The maximum Gasteiger partial charge on any atom is 0.259 e. The molecule has 2 aliphatic rings. The third-order valence-corrected chi connectivity index (χ3v) is 8.65. The van der Waals surface area contributed by atoms with E-state index in [4.69, 9.17) is 0 Å². The number of benzene rings is 2. The molecule has 3 aromatic rings. The smallest absolute Gasteiger partial charge is 0.259 e. The van der Waals surface area contributed by atoms with E-state index in [9.17, 15) is 42.3 Å². The number of aliphatic hydroxyl groups is 1. The molecule has 3 atom stereocenters. The molecule has 1 saturated heterocycles. The van der Waals surface area contributed by atoms with Crippen molar-refractivity contribution in [1.82, 2.24) is 15.3 Å². The Morgan fingerprint density at radius 2 is 1.80 bits per heavy atom. The van der Waals surface area contributed by atoms with Crippen molar-refractivity contribution in [2.24, 2.45) is 0 Å². The summed E-state index contributed by atoms with van der Waals surface area (Å²) < 4.78 is 57.5. The number of nitrogens with one attached hydrogen (secondary N) is 1. The first-order valence-electron chi connectivity index (χ1n) is 13.8. The second kappa shape index (κ2) is 13.1. The minimum Gasteiger partial charge on any atom is -0.383 e. The molecule has 1 saturated carbocycles. The van der Waals surface area contributed by atoms with Crippen LogP contribution in [-0.2, 0) is 14.4 Å². The Kier molecular flexibility index (Phi) is 9.35. The Morgan fingerprint density at radius 1 is 1.13 bits per heavy atom. The summed E-state index contributed by atoms with van der Waals surface area (Å²) in [7, 11) is 0. The lowest BCUT2D eigenvalue weighted by molar-refractivity contribution is -0.128. The van der Waals surface area contributed by atoms with Crippen LogP contribution in [0.5, 0.6) is 0 Å². The Hall–Kier alpha value is -4.17. The molecule has 234 valence electrons. The first-order valence-corrected chi connectivity index (χ1v) is 14.9. The van der Waals surface area contributed by atoms with E-state index < -0.39 is 78.8 Å². The number of nitriles is 1. The monoisotopic (exact) mass is 736 g/mol. The largest absolute Gasteiger partial charge is 0.383 e. The number of hydrogen-bond donors (Lipinski definition) is 2. The van der Waals surface area contributed by atoms with E-state index in [0.717, 1.165) is 21.9 Å². The Bertz CT molecular complexity index is 1660. The van der Waals surface area contributed by atoms with Gasteiger partial charge in [0.25, 0.3) is 11.8 Å². The molecule has 1 aliphatic carbocycles. The molecule has 45 heavy (non-hydrogen) atoms. The van der Waals surface area contributed by atoms with Gasteiger partial charge in [-0.15, -0.1) is 0 Å². The number of aromatic nitrogens is 2. The van der Waals surface area contributed by atoms with Crippen molar-refractivity contribution >= 4 is 51.9 Å². The molecule has 3 amide bonds. The second-order valence-corrected chi connectivity index (χ2v) is 11.9. The van der Waals surface area contributed by atoms with E-state index in [0.29, 0.717) is 9.64 Å². The molecule has 10 nitrogen and oxygen atoms in total. The maximum absolute atomic E-state index is 14.7. The van der Waals surface area contributed by atoms with Crippen molar-refractivity contribution in [3.63, 3.8) is 0 Å². The van der Waals surface area contributed by atoms with Gasteiger partial charge in [0, 0.05) is 41.1 Å². The first kappa shape index (κ1) is 32.2. The molecule has 0 spiro atoms. The van der Waals surface area contributed by atoms with Crippen LogP contribution in [0.1, 0.15) is 49.4 Å². The number of hydrogen-bond acceptors (Lipinski definition) is 7. The van der Waals surface area contributed by atoms with Crippen LogP contribution in [-0.4, -0.2) is 56.9 Å². The van der Waals surface area contributed by atoms with Crippen molar-refractivity contribution in [2.75, 3.05) is 9.80 Å². The van der Waals surface area contributed by atoms with Gasteiger partial charge in [-0.05, 0) is 65.3 Å². The van der Waals surface area contributed by atoms with Gasteiger partial charge in [-0.3, -0.25) is 24.2 Å². The lowest BCUT2D eigenvalue weighted by atomic mass is 9.91. The van der Waals surface area contributed by atoms with E-state index in [1.54, 1.807) is 24.3 Å². The van der Waals surface area contributed by atoms with Crippen LogP contribution in [0.2, 0.25) is 0 Å². The predicted molar refractivity (Wildman–Crippen MR) is 160 cm³/mol. The van der Waals surface area contributed by atoms with Crippen molar-refractivity contribution in [3.05, 3.63) is 81.2 Å². The van der Waals surface area contributed by atoms with Crippen LogP contribution in [0.4, 0.5) is 29.2 Å². The minimum absolute atomic E-state index is 0.0381. The van der Waals surface area contributed by atoms with Gasteiger partial charge in [-0.25, -0.2) is 27.5 Å². The topological polar surface area (TPSA) is 140 Å². The van der Waals surface area contributed by atoms with Crippen LogP contribution in [0.15, 0.2) is 54.7 Å². The Balaban J connectivity index is 1.63. The zero-order valence-electron chi connectivity index (χ0n) is 23.3. The summed E-state index contributed by atoms with van der Waals surface area (Å²) in [5, 5.41) is 22.6. The Morgan fingerprint density at radius 3 is 2.44 bits per heavy atom. The van der Waals surface area contributed by atoms with Crippen LogP contribution < -0.4 is 15.1 Å². The highest BCUT2D eigenvalue weighted by atomic mass is 127. The van der Waals surface area contributed by atoms with Gasteiger partial charge >= 0.3 is 0 Å². The summed E-state index contributed by atoms with van der Waals surface area (Å²) in [6.45, 7) is 0. The summed E-state index contributed by atoms with van der Waals surface area (Å²) in [5.74, 6) is -8.18. The fraction of sp³-hybridized carbons (Fsp3) is 0.333. The number of alkyl halides is 2. The van der Waals surface area contributed by atoms with Crippen molar-refractivity contribution in [2.45, 2.75) is 62.3 Å². The van der Waals surface area contributed by atoms with E-state index in [2.05, 4.69) is 15.3 Å². The standard InChI is InChI=1S/C30H25F4IN6O4/c31-16-11-17(32)13-20(12-16)40(27(44)23-14-24(42)28(45)41(23)29-37-10-7-19(15-36)39-29)25(21-3-1-2-4-22(21)35)26(43)38-18-5-8-30(33,34)9-6-18/h1-4,7,10-13,18,23-25,42H,5-6,8-9,14H2,(H,38,43)/t23-,24+,25-/m0/s1. The summed E-state index contributed by atoms with van der Waals surface area (Å²) in [6, 6.07) is 7.89. The number of anilines is 2. The average molecular weight is 736 g/mol. The quantitative estimate of drug-likeness (QED) is 0.275. The third-order valence-electron chi connectivity index (χ3n) is 7.67. The van der Waals surface area contributed by atoms with Gasteiger partial charge in [0.1, 0.15) is 41.6 Å². The van der Waals surface area contributed by atoms with E-state index >= 15 is 0 Å². The second-order valence-electron chi connectivity index (χ2n) is 10.7. The van der Waals surface area contributed by atoms with Gasteiger partial charge in [-0.1, -0.05) is 18.2 Å². The zero-order valence-corrected chi connectivity index (χ0v) is 25.5. The number of halogens is 5. The number of carbonyl (C=O) groups is 3. The molecular weight excluding hydrogens is 711 g/mol. The molecule has 2 N–H and O–H groups in total. The molecular formula is C30H25F4IN6O4. The van der Waals surface area contributed by atoms with E-state index in [1.807, 2.05) is 22.6 Å². The van der Waals surface area contributed by atoms with Crippen LogP contribution >= 0.6 is 22.6 Å². The van der Waals surface area contributed by atoms with Gasteiger partial charge in [0.2, 0.25) is 17.8 Å². The summed E-state index contributed by atoms with van der Waals surface area (Å²) in [5.41, 5.74) is -0.277. The van der Waals surface area contributed by atoms with Gasteiger partial charge < -0.3 is 10.4 Å². The normalized spacial score (nSPS) is 20.4. The Labute approximate surface area is 268 Å². The average Bonchev–Trinajstić information content (AvgIpc) is 3.30. The number of amides is 3.